The van der Waals surface area contributed by atoms with E-state index >= 15 is 0 Å². The summed E-state index contributed by atoms with van der Waals surface area (Å²) >= 11 is 1.49. The average molecular weight is 1040 g/mol. The van der Waals surface area contributed by atoms with Gasteiger partial charge in [-0.25, -0.2) is 13.9 Å². The fourth-order valence-corrected chi connectivity index (χ4v) is 11.1. The lowest BCUT2D eigenvalue weighted by Gasteiger charge is -2.38. The number of hydrogen-bond acceptors (Lipinski definition) is 15. The summed E-state index contributed by atoms with van der Waals surface area (Å²) in [6.45, 7) is 12.6. The Kier molecular flexibility index (Phi) is 18.7. The van der Waals surface area contributed by atoms with Crippen molar-refractivity contribution >= 4 is 57.7 Å². The highest BCUT2D eigenvalue weighted by Gasteiger charge is 2.42. The summed E-state index contributed by atoms with van der Waals surface area (Å²) in [6.07, 6.45) is 6.02. The Morgan fingerprint density at radius 1 is 0.973 bits per heavy atom. The minimum Gasteiger partial charge on any atom is -0.489 e. The van der Waals surface area contributed by atoms with E-state index in [9.17, 15) is 28.4 Å². The van der Waals surface area contributed by atoms with E-state index < -0.39 is 23.9 Å². The highest BCUT2D eigenvalue weighted by atomic mass is 32.2. The van der Waals surface area contributed by atoms with Crippen molar-refractivity contribution in [3.63, 3.8) is 0 Å². The van der Waals surface area contributed by atoms with Crippen LogP contribution < -0.4 is 26.0 Å². The zero-order chi connectivity index (χ0) is 52.3. The van der Waals surface area contributed by atoms with Gasteiger partial charge in [0.05, 0.1) is 62.3 Å². The van der Waals surface area contributed by atoms with Crippen LogP contribution in [-0.2, 0) is 23.9 Å². The molecular weight excluding hydrogens is 970 g/mol. The van der Waals surface area contributed by atoms with Crippen LogP contribution in [-0.4, -0.2) is 179 Å². The summed E-state index contributed by atoms with van der Waals surface area (Å²) < 4.78 is 33.2. The first-order valence-corrected chi connectivity index (χ1v) is 26.8. The van der Waals surface area contributed by atoms with Crippen molar-refractivity contribution in [2.45, 2.75) is 96.1 Å². The topological polar surface area (TPSA) is 213 Å². The molecule has 8 rings (SSSR count). The number of aromatic nitrogens is 3. The maximum atomic E-state index is 14.5. The average Bonchev–Trinajstić information content (AvgIpc) is 4.19. The number of aryl methyl sites for hydroxylation is 1. The van der Waals surface area contributed by atoms with Gasteiger partial charge in [0.25, 0.3) is 5.91 Å². The summed E-state index contributed by atoms with van der Waals surface area (Å²) in [7, 11) is 1.71. The largest absolute Gasteiger partial charge is 0.489 e. The summed E-state index contributed by atoms with van der Waals surface area (Å²) in [5, 5.41) is 17.6. The molecule has 4 N–H and O–H groups in total. The molecule has 2 aromatic carbocycles. The van der Waals surface area contributed by atoms with E-state index in [4.69, 9.17) is 24.2 Å². The molecule has 4 amide bonds. The Bertz CT molecular complexity index is 2650. The number of hydrogen-bond donors (Lipinski definition) is 4. The van der Waals surface area contributed by atoms with Crippen LogP contribution in [0.25, 0.3) is 5.65 Å². The van der Waals surface area contributed by atoms with Crippen LogP contribution in [0.1, 0.15) is 90.8 Å². The molecule has 6 heterocycles. The van der Waals surface area contributed by atoms with Gasteiger partial charge in [0.2, 0.25) is 17.7 Å². The number of anilines is 1. The van der Waals surface area contributed by atoms with Crippen molar-refractivity contribution in [3.8, 4) is 5.75 Å². The van der Waals surface area contributed by atoms with Gasteiger partial charge in [-0.1, -0.05) is 17.7 Å². The molecule has 4 aliphatic heterocycles. The predicted octanol–water partition coefficient (Wildman–Crippen LogP) is 4.31. The molecule has 4 aromatic rings. The van der Waals surface area contributed by atoms with Crippen molar-refractivity contribution in [3.05, 3.63) is 89.0 Å². The van der Waals surface area contributed by atoms with E-state index in [2.05, 4.69) is 37.3 Å². The van der Waals surface area contributed by atoms with Gasteiger partial charge in [-0.05, 0) is 116 Å². The molecule has 21 heteroatoms. The number of rotatable bonds is 20. The smallest absolute Gasteiger partial charge is 0.259 e. The van der Waals surface area contributed by atoms with Gasteiger partial charge in [-0.3, -0.25) is 29.0 Å². The van der Waals surface area contributed by atoms with Crippen LogP contribution in [0.5, 0.6) is 5.75 Å². The number of nitrogens with zero attached hydrogens (tertiary/aromatic N) is 7. The zero-order valence-corrected chi connectivity index (χ0v) is 43.8. The lowest BCUT2D eigenvalue weighted by atomic mass is 9.88. The molecule has 19 nitrogen and oxygen atoms in total. The standard InChI is InChI=1S/C53H70FN11O8S/c1-33-8-13-44-40(29-33)35(3)58-45-16-22-65-49(60-45)41(30-57-65)52(69)63(31-34(2)73-44)23-18-56-46(66)17-25-71-27-28-72-26-24-62-20-14-37(15-21-62)47(61-50(68)36(4)55-5)53(70)64-19-6-7-43(64)51-59-42(32-74-51)48(67)38-9-11-39(54)12-10-38/h8-13,16,22,29-30,34-37,42-43,47,55H,6-7,14-15,17-21,23-28,31-32H2,1-5H3,(H,56,66)(H,58,60)(H,61,68)/t34-,35+,36-,42?,43-,47-/m0/s1. The second-order valence-corrected chi connectivity index (χ2v) is 20.6. The number of Topliss-reactive ketones (excluding diaryl/α,β-unsaturated/α-hetero) is 1. The van der Waals surface area contributed by atoms with Crippen molar-refractivity contribution in [1.29, 1.82) is 0 Å². The molecule has 0 aliphatic carbocycles. The normalized spacial score (nSPS) is 21.4. The Balaban J connectivity index is 0.747. The van der Waals surface area contributed by atoms with Gasteiger partial charge < -0.3 is 50.2 Å². The number of fused-ring (bicyclic) bond motifs is 2. The number of ether oxygens (including phenoxy) is 3. The van der Waals surface area contributed by atoms with Gasteiger partial charge in [0.15, 0.2) is 11.4 Å². The Morgan fingerprint density at radius 3 is 2.51 bits per heavy atom. The fraction of sp³-hybridized carbons (Fsp3) is 0.547. The van der Waals surface area contributed by atoms with E-state index in [-0.39, 0.29) is 86.2 Å². The van der Waals surface area contributed by atoms with Gasteiger partial charge in [-0.15, -0.1) is 11.8 Å². The third-order valence-electron chi connectivity index (χ3n) is 14.2. The number of benzene rings is 2. The van der Waals surface area contributed by atoms with Crippen molar-refractivity contribution in [2.24, 2.45) is 10.9 Å². The molecule has 0 saturated carbocycles. The zero-order valence-electron chi connectivity index (χ0n) is 43.0. The molecule has 0 spiro atoms. The van der Waals surface area contributed by atoms with Crippen LogP contribution in [0, 0.1) is 18.7 Å². The van der Waals surface area contributed by atoms with E-state index in [1.165, 1.54) is 42.2 Å². The lowest BCUT2D eigenvalue weighted by molar-refractivity contribution is -0.138. The maximum Gasteiger partial charge on any atom is 0.259 e. The SMILES string of the molecule is CN[C@@H](C)C(=O)N[C@H](C(=O)N1CCC[C@H]1C1=NC(C(=O)c2ccc(F)cc2)CS1)C1CCN(CCOCCOCCC(=O)NCCN2C[C@H](C)Oc3ccc(C)cc3[C@@H](C)Nc3ccn4ncc(c4n3)C2=O)CC1. The molecular formula is C53H70FN11O8S. The van der Waals surface area contributed by atoms with Crippen LogP contribution in [0.4, 0.5) is 10.2 Å². The lowest BCUT2D eigenvalue weighted by Crippen LogP contribution is -2.58. The molecule has 74 heavy (non-hydrogen) atoms. The minimum absolute atomic E-state index is 0.0710. The monoisotopic (exact) mass is 1040 g/mol. The molecule has 2 fully saturated rings. The quantitative estimate of drug-likeness (QED) is 0.0718. The van der Waals surface area contributed by atoms with Crippen LogP contribution in [0.3, 0.4) is 0 Å². The van der Waals surface area contributed by atoms with E-state index in [1.54, 1.807) is 29.6 Å². The number of carbonyl (C=O) groups excluding carboxylic acids is 5. The fourth-order valence-electron chi connectivity index (χ4n) is 9.90. The summed E-state index contributed by atoms with van der Waals surface area (Å²) in [4.78, 5) is 83.2. The van der Waals surface area contributed by atoms with Crippen LogP contribution in [0.2, 0.25) is 0 Å². The molecule has 2 bridgehead atoms. The highest BCUT2D eigenvalue weighted by molar-refractivity contribution is 8.14. The maximum absolute atomic E-state index is 14.5. The number of amides is 4. The molecule has 6 atom stereocenters. The first-order valence-electron chi connectivity index (χ1n) is 25.9. The number of carbonyl (C=O) groups is 5. The van der Waals surface area contributed by atoms with E-state index in [0.29, 0.717) is 74.1 Å². The summed E-state index contributed by atoms with van der Waals surface area (Å²) in [5.74, 6) is 0.309. The molecule has 0 radical (unpaired) electrons. The van der Waals surface area contributed by atoms with E-state index in [1.807, 2.05) is 43.9 Å². The molecule has 1 unspecified atom stereocenters. The number of piperidine rings is 1. The van der Waals surface area contributed by atoms with Gasteiger partial charge in [0.1, 0.15) is 41.1 Å². The second-order valence-electron chi connectivity index (χ2n) is 19.6. The first kappa shape index (κ1) is 54.3. The number of thioether (sulfide) groups is 1. The van der Waals surface area contributed by atoms with Crippen molar-refractivity contribution in [1.82, 2.24) is 45.2 Å². The minimum atomic E-state index is -0.706. The second kappa shape index (κ2) is 25.5. The highest BCUT2D eigenvalue weighted by Crippen LogP contribution is 2.33. The number of likely N-dealkylation sites (tertiary alicyclic amines) is 2. The van der Waals surface area contributed by atoms with Gasteiger partial charge >= 0.3 is 0 Å². The molecule has 2 aromatic heterocycles. The van der Waals surface area contributed by atoms with Crippen LogP contribution in [0.15, 0.2) is 65.9 Å². The Hall–Kier alpha value is -6.00. The van der Waals surface area contributed by atoms with Gasteiger partial charge in [-0.2, -0.15) is 5.10 Å². The van der Waals surface area contributed by atoms with E-state index in [0.717, 1.165) is 47.9 Å². The number of likely N-dealkylation sites (N-methyl/N-ethyl adjacent to an activating group) is 1. The number of halogens is 1. The summed E-state index contributed by atoms with van der Waals surface area (Å²) in [6, 6.07) is 11.2. The third-order valence-corrected chi connectivity index (χ3v) is 15.4. The van der Waals surface area contributed by atoms with Gasteiger partial charge in [0, 0.05) is 55.7 Å². The van der Waals surface area contributed by atoms with Crippen molar-refractivity contribution in [2.75, 3.05) is 90.4 Å². The summed E-state index contributed by atoms with van der Waals surface area (Å²) in [5.41, 5.74) is 3.27. The number of nitrogens with one attached hydrogen (secondary N) is 4. The number of aliphatic imine (C=N–C) groups is 1. The Morgan fingerprint density at radius 2 is 1.74 bits per heavy atom. The number of ketones is 1. The molecule has 4 aliphatic rings. The first-order chi connectivity index (χ1) is 35.8. The van der Waals surface area contributed by atoms with Crippen molar-refractivity contribution < 1.29 is 42.6 Å². The Labute approximate surface area is 436 Å². The third kappa shape index (κ3) is 13.6. The van der Waals surface area contributed by atoms with Crippen LogP contribution >= 0.6 is 11.8 Å². The predicted molar refractivity (Wildman–Crippen MR) is 280 cm³/mol. The molecule has 398 valence electrons. The molecule has 2 saturated heterocycles.